The summed E-state index contributed by atoms with van der Waals surface area (Å²) in [7, 11) is 1.42. The van der Waals surface area contributed by atoms with Gasteiger partial charge in [-0.2, -0.15) is 0 Å². The van der Waals surface area contributed by atoms with Crippen LogP contribution < -0.4 is 0 Å². The zero-order chi connectivity index (χ0) is 12.3. The summed E-state index contributed by atoms with van der Waals surface area (Å²) >= 11 is 1.54. The number of hydrogen-bond acceptors (Lipinski definition) is 3. The number of carbonyl (C=O) groups is 1. The Balaban J connectivity index is 2.92. The molecular weight excluding hydrogens is 220 g/mol. The molecule has 0 aliphatic heterocycles. The normalized spacial score (nSPS) is 11.3. The lowest BCUT2D eigenvalue weighted by Crippen LogP contribution is -2.28. The molecule has 1 aromatic carbocycles. The van der Waals surface area contributed by atoms with Gasteiger partial charge in [-0.1, -0.05) is 17.7 Å². The maximum Gasteiger partial charge on any atom is 0.321 e. The van der Waals surface area contributed by atoms with Crippen molar-refractivity contribution < 1.29 is 9.53 Å². The molecule has 16 heavy (non-hydrogen) atoms. The average molecular weight is 238 g/mol. The van der Waals surface area contributed by atoms with Crippen molar-refractivity contribution in [1.29, 1.82) is 0 Å². The number of rotatable bonds is 3. The number of aryl methyl sites for hydroxylation is 2. The van der Waals surface area contributed by atoms with Gasteiger partial charge < -0.3 is 4.74 Å². The minimum absolute atomic E-state index is 0.197. The van der Waals surface area contributed by atoms with E-state index < -0.39 is 4.75 Å². The molecule has 3 heteroatoms. The minimum atomic E-state index is -0.547. The SMILES string of the molecule is COC(=O)C(C)(C)Sc1ccc(C)cc1C. The molecule has 0 unspecified atom stereocenters. The largest absolute Gasteiger partial charge is 0.468 e. The predicted octanol–water partition coefficient (Wildman–Crippen LogP) is 3.35. The molecule has 0 saturated carbocycles. The molecule has 0 heterocycles. The van der Waals surface area contributed by atoms with E-state index in [2.05, 4.69) is 32.0 Å². The van der Waals surface area contributed by atoms with Gasteiger partial charge in [-0.05, 0) is 39.3 Å². The van der Waals surface area contributed by atoms with Crippen LogP contribution in [0.1, 0.15) is 25.0 Å². The second kappa shape index (κ2) is 4.91. The van der Waals surface area contributed by atoms with Crippen LogP contribution in [0.25, 0.3) is 0 Å². The van der Waals surface area contributed by atoms with Gasteiger partial charge in [0.2, 0.25) is 0 Å². The summed E-state index contributed by atoms with van der Waals surface area (Å²) in [6.45, 7) is 7.88. The number of carbonyl (C=O) groups excluding carboxylic acids is 1. The fourth-order valence-corrected chi connectivity index (χ4v) is 2.55. The van der Waals surface area contributed by atoms with Crippen molar-refractivity contribution >= 4 is 17.7 Å². The van der Waals surface area contributed by atoms with Crippen molar-refractivity contribution in [2.45, 2.75) is 37.3 Å². The van der Waals surface area contributed by atoms with Crippen molar-refractivity contribution in [1.82, 2.24) is 0 Å². The molecule has 0 bridgehead atoms. The number of methoxy groups -OCH3 is 1. The Bertz CT molecular complexity index is 397. The molecule has 0 saturated heterocycles. The van der Waals surface area contributed by atoms with Crippen molar-refractivity contribution in [3.8, 4) is 0 Å². The van der Waals surface area contributed by atoms with Gasteiger partial charge in [0.15, 0.2) is 0 Å². The van der Waals surface area contributed by atoms with E-state index in [-0.39, 0.29) is 5.97 Å². The third-order valence-electron chi connectivity index (χ3n) is 2.37. The van der Waals surface area contributed by atoms with Crippen LogP contribution >= 0.6 is 11.8 Å². The molecule has 0 aromatic heterocycles. The topological polar surface area (TPSA) is 26.3 Å². The molecule has 88 valence electrons. The molecule has 0 spiro atoms. The maximum atomic E-state index is 11.6. The lowest BCUT2D eigenvalue weighted by Gasteiger charge is -2.21. The Kier molecular flexibility index (Phi) is 4.03. The summed E-state index contributed by atoms with van der Waals surface area (Å²) < 4.78 is 4.24. The highest BCUT2D eigenvalue weighted by atomic mass is 32.2. The van der Waals surface area contributed by atoms with Crippen LogP contribution in [0.2, 0.25) is 0 Å². The quantitative estimate of drug-likeness (QED) is 0.596. The molecule has 0 amide bonds. The fraction of sp³-hybridized carbons (Fsp3) is 0.462. The maximum absolute atomic E-state index is 11.6. The summed E-state index contributed by atoms with van der Waals surface area (Å²) in [5.74, 6) is -0.197. The highest BCUT2D eigenvalue weighted by Gasteiger charge is 2.30. The van der Waals surface area contributed by atoms with E-state index >= 15 is 0 Å². The van der Waals surface area contributed by atoms with Crippen LogP contribution in [0.15, 0.2) is 23.1 Å². The zero-order valence-electron chi connectivity index (χ0n) is 10.5. The van der Waals surface area contributed by atoms with Gasteiger partial charge in [0.25, 0.3) is 0 Å². The van der Waals surface area contributed by atoms with Gasteiger partial charge in [0, 0.05) is 4.90 Å². The van der Waals surface area contributed by atoms with Crippen LogP contribution in [0, 0.1) is 13.8 Å². The molecule has 0 fully saturated rings. The van der Waals surface area contributed by atoms with Crippen molar-refractivity contribution in [2.24, 2.45) is 0 Å². The molecule has 2 nitrogen and oxygen atoms in total. The Morgan fingerprint density at radius 2 is 1.94 bits per heavy atom. The average Bonchev–Trinajstić information content (AvgIpc) is 2.21. The van der Waals surface area contributed by atoms with Gasteiger partial charge in [0.05, 0.1) is 7.11 Å². The summed E-state index contributed by atoms with van der Waals surface area (Å²) in [6.07, 6.45) is 0. The molecule has 0 aliphatic rings. The van der Waals surface area contributed by atoms with E-state index in [9.17, 15) is 4.79 Å². The van der Waals surface area contributed by atoms with E-state index in [1.807, 2.05) is 13.8 Å². The minimum Gasteiger partial charge on any atom is -0.468 e. The first-order valence-electron chi connectivity index (χ1n) is 5.21. The standard InChI is InChI=1S/C13H18O2S/c1-9-6-7-11(10(2)8-9)16-13(3,4)12(14)15-5/h6-8H,1-5H3. The Morgan fingerprint density at radius 3 is 2.44 bits per heavy atom. The number of benzene rings is 1. The van der Waals surface area contributed by atoms with E-state index in [4.69, 9.17) is 4.74 Å². The van der Waals surface area contributed by atoms with Crippen LogP contribution in [0.5, 0.6) is 0 Å². The molecule has 1 aromatic rings. The predicted molar refractivity (Wildman–Crippen MR) is 67.9 cm³/mol. The highest BCUT2D eigenvalue weighted by Crippen LogP contribution is 2.35. The lowest BCUT2D eigenvalue weighted by atomic mass is 10.2. The van der Waals surface area contributed by atoms with E-state index in [1.54, 1.807) is 0 Å². The summed E-state index contributed by atoms with van der Waals surface area (Å²) in [5.41, 5.74) is 2.43. The van der Waals surface area contributed by atoms with Crippen molar-refractivity contribution in [3.63, 3.8) is 0 Å². The second-order valence-electron chi connectivity index (χ2n) is 4.37. The zero-order valence-corrected chi connectivity index (χ0v) is 11.3. The molecular formula is C13H18O2S. The number of esters is 1. The van der Waals surface area contributed by atoms with Gasteiger partial charge in [-0.3, -0.25) is 4.79 Å². The lowest BCUT2D eigenvalue weighted by molar-refractivity contribution is -0.142. The summed E-state index contributed by atoms with van der Waals surface area (Å²) in [6, 6.07) is 6.23. The molecule has 0 aliphatic carbocycles. The van der Waals surface area contributed by atoms with Crippen LogP contribution in [-0.4, -0.2) is 17.8 Å². The van der Waals surface area contributed by atoms with Crippen LogP contribution in [-0.2, 0) is 9.53 Å². The molecule has 0 radical (unpaired) electrons. The van der Waals surface area contributed by atoms with Crippen LogP contribution in [0.3, 0.4) is 0 Å². The molecule has 0 atom stereocenters. The van der Waals surface area contributed by atoms with Crippen molar-refractivity contribution in [2.75, 3.05) is 7.11 Å². The highest BCUT2D eigenvalue weighted by molar-refractivity contribution is 8.01. The van der Waals surface area contributed by atoms with E-state index in [0.29, 0.717) is 0 Å². The summed E-state index contributed by atoms with van der Waals surface area (Å²) in [4.78, 5) is 12.7. The first-order valence-corrected chi connectivity index (χ1v) is 6.03. The third kappa shape index (κ3) is 3.01. The number of ether oxygens (including phenoxy) is 1. The van der Waals surface area contributed by atoms with Crippen LogP contribution in [0.4, 0.5) is 0 Å². The second-order valence-corrected chi connectivity index (χ2v) is 6.04. The molecule has 0 N–H and O–H groups in total. The first kappa shape index (κ1) is 13.1. The van der Waals surface area contributed by atoms with Crippen molar-refractivity contribution in [3.05, 3.63) is 29.3 Å². The smallest absolute Gasteiger partial charge is 0.321 e. The Hall–Kier alpha value is -0.960. The van der Waals surface area contributed by atoms with Gasteiger partial charge in [0.1, 0.15) is 4.75 Å². The first-order chi connectivity index (χ1) is 7.36. The Morgan fingerprint density at radius 1 is 1.31 bits per heavy atom. The Labute approximate surface area is 101 Å². The van der Waals surface area contributed by atoms with Gasteiger partial charge >= 0.3 is 5.97 Å². The van der Waals surface area contributed by atoms with E-state index in [0.717, 1.165) is 4.90 Å². The monoisotopic (exact) mass is 238 g/mol. The third-order valence-corrected chi connectivity index (χ3v) is 3.73. The van der Waals surface area contributed by atoms with Gasteiger partial charge in [-0.15, -0.1) is 11.8 Å². The number of thioether (sulfide) groups is 1. The van der Waals surface area contributed by atoms with E-state index in [1.165, 1.54) is 30.0 Å². The fourth-order valence-electron chi connectivity index (χ4n) is 1.48. The summed E-state index contributed by atoms with van der Waals surface area (Å²) in [5, 5.41) is 0. The van der Waals surface area contributed by atoms with Gasteiger partial charge in [-0.25, -0.2) is 0 Å². The number of hydrogen-bond donors (Lipinski definition) is 0. The molecule has 1 rings (SSSR count).